The molecule has 0 aromatic rings. The molecule has 0 bridgehead atoms. The zero-order valence-electron chi connectivity index (χ0n) is 6.40. The van der Waals surface area contributed by atoms with Crippen molar-refractivity contribution >= 4 is 9.84 Å². The van der Waals surface area contributed by atoms with Gasteiger partial charge in [-0.3, -0.25) is 0 Å². The molecular weight excluding hydrogens is 264 g/mol. The lowest BCUT2D eigenvalue weighted by Gasteiger charge is -2.22. The Labute approximate surface area is 77.8 Å². The molecule has 0 fully saturated rings. The van der Waals surface area contributed by atoms with E-state index in [1.807, 2.05) is 0 Å². The van der Waals surface area contributed by atoms with E-state index >= 15 is 0 Å². The number of halogens is 8. The van der Waals surface area contributed by atoms with Crippen LogP contribution in [0.25, 0.3) is 0 Å². The first-order valence-corrected chi connectivity index (χ1v) is 4.43. The van der Waals surface area contributed by atoms with Crippen molar-refractivity contribution in [1.29, 1.82) is 0 Å². The summed E-state index contributed by atoms with van der Waals surface area (Å²) in [5, 5.41) is -12.5. The zero-order chi connectivity index (χ0) is 12.7. The van der Waals surface area contributed by atoms with Crippen molar-refractivity contribution in [3.8, 4) is 0 Å². The highest BCUT2D eigenvalue weighted by Crippen LogP contribution is 2.41. The second-order valence-electron chi connectivity index (χ2n) is 2.23. The van der Waals surface area contributed by atoms with Crippen LogP contribution >= 0.6 is 0 Å². The maximum absolute atomic E-state index is 12.0. The summed E-state index contributed by atoms with van der Waals surface area (Å²) >= 11 is 0. The Kier molecular flexibility index (Phi) is 3.60. The van der Waals surface area contributed by atoms with Gasteiger partial charge in [-0.1, -0.05) is 0 Å². The highest BCUT2D eigenvalue weighted by molar-refractivity contribution is 7.93. The monoisotopic (exact) mass is 266 g/mol. The predicted molar refractivity (Wildman–Crippen MR) is 30.8 cm³/mol. The first kappa shape index (κ1) is 14.4. The molecule has 0 aromatic carbocycles. The van der Waals surface area contributed by atoms with E-state index < -0.39 is 33.2 Å². The molecule has 0 spiro atoms. The smallest absolute Gasteiger partial charge is 0.216 e. The number of hydrogen-bond acceptors (Lipinski definition) is 2. The topological polar surface area (TPSA) is 34.1 Å². The van der Waals surface area contributed by atoms with Crippen LogP contribution in [0.2, 0.25) is 0 Å². The summed E-state index contributed by atoms with van der Waals surface area (Å²) in [6, 6.07) is 0. The lowest BCUT2D eigenvalue weighted by Crippen LogP contribution is -2.50. The van der Waals surface area contributed by atoms with Crippen molar-refractivity contribution in [1.82, 2.24) is 0 Å². The summed E-state index contributed by atoms with van der Waals surface area (Å²) in [6.07, 6.45) is -10.0. The molecule has 0 aliphatic heterocycles. The van der Waals surface area contributed by atoms with Gasteiger partial charge in [0.05, 0.1) is 0 Å². The average Bonchev–Trinajstić information content (AvgIpc) is 2.02. The molecule has 0 radical (unpaired) electrons. The Balaban J connectivity index is 5.54. The lowest BCUT2D eigenvalue weighted by atomic mass is 10.7. The summed E-state index contributed by atoms with van der Waals surface area (Å²) < 4.78 is 114. The molecule has 0 saturated heterocycles. The minimum absolute atomic E-state index is 5.02. The molecule has 15 heavy (non-hydrogen) atoms. The number of alkyl halides is 8. The molecule has 0 N–H and O–H groups in total. The van der Waals surface area contributed by atoms with Crippen molar-refractivity contribution < 1.29 is 43.5 Å². The first-order chi connectivity index (χ1) is 6.39. The fourth-order valence-electron chi connectivity index (χ4n) is 0.416. The van der Waals surface area contributed by atoms with Gasteiger partial charge >= 0.3 is 23.4 Å². The third kappa shape index (κ3) is 2.01. The standard InChI is InChI=1S/C4H2F8O2S/c5-1(6)3(9,10)15(13,14)4(11,12)2(7)8/h1-2H. The van der Waals surface area contributed by atoms with Crippen LogP contribution in [0.4, 0.5) is 35.1 Å². The summed E-state index contributed by atoms with van der Waals surface area (Å²) in [6.45, 7) is 0. The van der Waals surface area contributed by atoms with Crippen LogP contribution in [-0.4, -0.2) is 31.8 Å². The second kappa shape index (κ2) is 3.76. The van der Waals surface area contributed by atoms with Gasteiger partial charge in [0.15, 0.2) is 0 Å². The van der Waals surface area contributed by atoms with E-state index in [2.05, 4.69) is 0 Å². The first-order valence-electron chi connectivity index (χ1n) is 2.95. The summed E-state index contributed by atoms with van der Waals surface area (Å²) in [4.78, 5) is 0. The molecule has 0 saturated carbocycles. The molecule has 0 rings (SSSR count). The fourth-order valence-corrected chi connectivity index (χ4v) is 1.25. The molecular formula is C4H2F8O2S. The molecule has 0 aliphatic rings. The van der Waals surface area contributed by atoms with Crippen LogP contribution in [0.3, 0.4) is 0 Å². The van der Waals surface area contributed by atoms with Crippen LogP contribution in [0.5, 0.6) is 0 Å². The average molecular weight is 266 g/mol. The third-order valence-electron chi connectivity index (χ3n) is 1.22. The molecule has 0 heterocycles. The van der Waals surface area contributed by atoms with Crippen LogP contribution < -0.4 is 0 Å². The molecule has 0 atom stereocenters. The number of sulfone groups is 1. The number of rotatable bonds is 4. The van der Waals surface area contributed by atoms with Crippen molar-refractivity contribution in [2.45, 2.75) is 23.4 Å². The normalized spacial score (nSPS) is 15.1. The Morgan fingerprint density at radius 1 is 0.733 bits per heavy atom. The SMILES string of the molecule is O=S(=O)(C(F)(F)C(F)F)C(F)(F)C(F)F. The molecule has 0 aliphatic carbocycles. The third-order valence-corrected chi connectivity index (χ3v) is 3.01. The van der Waals surface area contributed by atoms with Gasteiger partial charge in [0.2, 0.25) is 0 Å². The van der Waals surface area contributed by atoms with Gasteiger partial charge < -0.3 is 0 Å². The van der Waals surface area contributed by atoms with E-state index in [0.29, 0.717) is 0 Å². The zero-order valence-corrected chi connectivity index (χ0v) is 7.22. The fraction of sp³-hybridized carbons (Fsp3) is 1.00. The largest absolute Gasteiger partial charge is 0.410 e. The van der Waals surface area contributed by atoms with Gasteiger partial charge in [-0.05, 0) is 0 Å². The van der Waals surface area contributed by atoms with Gasteiger partial charge in [0, 0.05) is 0 Å². The molecule has 0 amide bonds. The Hall–Kier alpha value is -0.610. The van der Waals surface area contributed by atoms with E-state index in [1.165, 1.54) is 0 Å². The Morgan fingerprint density at radius 3 is 1.07 bits per heavy atom. The van der Waals surface area contributed by atoms with Crippen molar-refractivity contribution in [2.24, 2.45) is 0 Å². The Bertz CT molecular complexity index is 294. The second-order valence-corrected chi connectivity index (χ2v) is 4.32. The predicted octanol–water partition coefficient (Wildman–Crippen LogP) is 2.12. The molecule has 92 valence electrons. The van der Waals surface area contributed by atoms with E-state index in [0.717, 1.165) is 0 Å². The highest BCUT2D eigenvalue weighted by Gasteiger charge is 2.69. The minimum atomic E-state index is -7.30. The van der Waals surface area contributed by atoms with E-state index in [9.17, 15) is 43.5 Å². The summed E-state index contributed by atoms with van der Waals surface area (Å²) in [7, 11) is -7.30. The van der Waals surface area contributed by atoms with Crippen LogP contribution in [-0.2, 0) is 9.84 Å². The maximum atomic E-state index is 12.0. The maximum Gasteiger partial charge on any atom is 0.410 e. The molecule has 2 nitrogen and oxygen atoms in total. The number of hydrogen-bond donors (Lipinski definition) is 0. The quantitative estimate of drug-likeness (QED) is 0.730. The van der Waals surface area contributed by atoms with Gasteiger partial charge in [-0.25, -0.2) is 26.0 Å². The Morgan fingerprint density at radius 2 is 0.933 bits per heavy atom. The van der Waals surface area contributed by atoms with Crippen LogP contribution in [0, 0.1) is 0 Å². The summed E-state index contributed by atoms with van der Waals surface area (Å²) in [5.41, 5.74) is 0. The lowest BCUT2D eigenvalue weighted by molar-refractivity contribution is -0.0971. The van der Waals surface area contributed by atoms with Crippen molar-refractivity contribution in [3.05, 3.63) is 0 Å². The molecule has 11 heteroatoms. The van der Waals surface area contributed by atoms with Gasteiger partial charge in [-0.2, -0.15) is 17.6 Å². The highest BCUT2D eigenvalue weighted by atomic mass is 32.2. The molecule has 0 unspecified atom stereocenters. The van der Waals surface area contributed by atoms with Gasteiger partial charge in [-0.15, -0.1) is 0 Å². The van der Waals surface area contributed by atoms with Crippen molar-refractivity contribution in [3.63, 3.8) is 0 Å². The van der Waals surface area contributed by atoms with Crippen LogP contribution in [0.15, 0.2) is 0 Å². The van der Waals surface area contributed by atoms with E-state index in [-0.39, 0.29) is 0 Å². The van der Waals surface area contributed by atoms with Crippen LogP contribution in [0.1, 0.15) is 0 Å². The minimum Gasteiger partial charge on any atom is -0.216 e. The van der Waals surface area contributed by atoms with E-state index in [1.54, 1.807) is 0 Å². The van der Waals surface area contributed by atoms with Crippen molar-refractivity contribution in [2.75, 3.05) is 0 Å². The summed E-state index contributed by atoms with van der Waals surface area (Å²) in [5.74, 6) is 0. The van der Waals surface area contributed by atoms with Gasteiger partial charge in [0.1, 0.15) is 0 Å². The molecule has 0 aromatic heterocycles. The van der Waals surface area contributed by atoms with E-state index in [4.69, 9.17) is 0 Å². The van der Waals surface area contributed by atoms with Gasteiger partial charge in [0.25, 0.3) is 9.84 Å².